The van der Waals surface area contributed by atoms with E-state index in [2.05, 4.69) is 30.9 Å². The molecule has 126 valence electrons. The van der Waals surface area contributed by atoms with Crippen molar-refractivity contribution in [3.05, 3.63) is 40.1 Å². The van der Waals surface area contributed by atoms with E-state index in [4.69, 9.17) is 0 Å². The molecule has 0 radical (unpaired) electrons. The number of hydrogen-bond acceptors (Lipinski definition) is 4. The van der Waals surface area contributed by atoms with E-state index in [1.54, 1.807) is 11.3 Å². The van der Waals surface area contributed by atoms with Crippen molar-refractivity contribution in [3.8, 4) is 0 Å². The van der Waals surface area contributed by atoms with Crippen molar-refractivity contribution in [2.24, 2.45) is 5.92 Å². The molecule has 0 aromatic carbocycles. The van der Waals surface area contributed by atoms with Crippen LogP contribution < -0.4 is 0 Å². The third kappa shape index (κ3) is 2.40. The predicted octanol–water partition coefficient (Wildman–Crippen LogP) is 2.54. The maximum Gasteiger partial charge on any atom is 0.271 e. The molecule has 0 bridgehead atoms. The van der Waals surface area contributed by atoms with Gasteiger partial charge in [0, 0.05) is 31.2 Å². The average molecular weight is 342 g/mol. The van der Waals surface area contributed by atoms with E-state index >= 15 is 0 Å². The summed E-state index contributed by atoms with van der Waals surface area (Å²) in [6.45, 7) is 5.90. The van der Waals surface area contributed by atoms with Crippen LogP contribution in [0.5, 0.6) is 0 Å². The van der Waals surface area contributed by atoms with Crippen molar-refractivity contribution in [1.29, 1.82) is 0 Å². The molecule has 2 unspecified atom stereocenters. The summed E-state index contributed by atoms with van der Waals surface area (Å²) >= 11 is 1.66. The van der Waals surface area contributed by atoms with Crippen LogP contribution in [-0.4, -0.2) is 50.9 Å². The first-order valence-electron chi connectivity index (χ1n) is 8.80. The van der Waals surface area contributed by atoms with Gasteiger partial charge in [0.05, 0.1) is 29.3 Å². The second kappa shape index (κ2) is 5.43. The van der Waals surface area contributed by atoms with Crippen LogP contribution in [0.15, 0.2) is 23.7 Å². The van der Waals surface area contributed by atoms with Crippen LogP contribution in [0.4, 0.5) is 0 Å². The zero-order valence-corrected chi connectivity index (χ0v) is 14.7. The molecule has 1 saturated carbocycles. The van der Waals surface area contributed by atoms with E-state index in [0.717, 1.165) is 35.4 Å². The summed E-state index contributed by atoms with van der Waals surface area (Å²) in [7, 11) is 0. The Labute approximate surface area is 145 Å². The third-order valence-corrected chi connectivity index (χ3v) is 6.39. The number of aryl methyl sites for hydroxylation is 1. The fraction of sp³-hybridized carbons (Fsp3) is 0.556. The molecule has 1 amide bonds. The minimum atomic E-state index is 0.153. The van der Waals surface area contributed by atoms with Gasteiger partial charge in [0.15, 0.2) is 0 Å². The van der Waals surface area contributed by atoms with Crippen LogP contribution in [0.2, 0.25) is 0 Å². The fourth-order valence-corrected chi connectivity index (χ4v) is 4.85. The molecule has 2 aromatic heterocycles. The molecular weight excluding hydrogens is 320 g/mol. The summed E-state index contributed by atoms with van der Waals surface area (Å²) in [5.74, 6) is 1.04. The number of carbonyl (C=O) groups excluding carboxylic acids is 1. The van der Waals surface area contributed by atoms with Crippen molar-refractivity contribution in [2.45, 2.75) is 38.4 Å². The van der Waals surface area contributed by atoms with Crippen LogP contribution in [0, 0.1) is 12.8 Å². The lowest BCUT2D eigenvalue weighted by molar-refractivity contribution is 0.0554. The summed E-state index contributed by atoms with van der Waals surface area (Å²) < 4.78 is 2.21. The van der Waals surface area contributed by atoms with Gasteiger partial charge >= 0.3 is 0 Å². The van der Waals surface area contributed by atoms with E-state index in [-0.39, 0.29) is 11.9 Å². The highest BCUT2D eigenvalue weighted by Gasteiger charge is 2.45. The molecule has 6 heteroatoms. The SMILES string of the molecule is Cc1nc(CN2C(=O)c3cccn3C3CN(CC4CC4)CC32)cs1. The van der Waals surface area contributed by atoms with Gasteiger partial charge in [0.1, 0.15) is 5.69 Å². The molecule has 0 N–H and O–H groups in total. The average Bonchev–Trinajstić information content (AvgIpc) is 2.97. The smallest absolute Gasteiger partial charge is 0.271 e. The predicted molar refractivity (Wildman–Crippen MR) is 93.1 cm³/mol. The maximum atomic E-state index is 13.0. The monoisotopic (exact) mass is 342 g/mol. The first kappa shape index (κ1) is 14.7. The van der Waals surface area contributed by atoms with Crippen LogP contribution in [0.25, 0.3) is 0 Å². The number of hydrogen-bond donors (Lipinski definition) is 0. The highest BCUT2D eigenvalue weighted by molar-refractivity contribution is 7.09. The topological polar surface area (TPSA) is 41.4 Å². The molecule has 4 heterocycles. The van der Waals surface area contributed by atoms with Gasteiger partial charge in [-0.2, -0.15) is 0 Å². The largest absolute Gasteiger partial charge is 0.337 e. The van der Waals surface area contributed by atoms with Gasteiger partial charge in [-0.3, -0.25) is 9.69 Å². The Morgan fingerprint density at radius 1 is 1.29 bits per heavy atom. The Balaban J connectivity index is 1.45. The number of nitrogens with zero attached hydrogens (tertiary/aromatic N) is 4. The zero-order valence-electron chi connectivity index (χ0n) is 13.9. The molecule has 3 aliphatic rings. The molecule has 1 aliphatic carbocycles. The second-order valence-electron chi connectivity index (χ2n) is 7.39. The van der Waals surface area contributed by atoms with Gasteiger partial charge in [0.2, 0.25) is 0 Å². The van der Waals surface area contributed by atoms with E-state index in [1.165, 1.54) is 19.4 Å². The molecule has 5 nitrogen and oxygen atoms in total. The normalized spacial score (nSPS) is 26.7. The van der Waals surface area contributed by atoms with Gasteiger partial charge in [-0.05, 0) is 37.8 Å². The molecule has 5 rings (SSSR count). The van der Waals surface area contributed by atoms with Crippen LogP contribution in [0.1, 0.15) is 40.1 Å². The van der Waals surface area contributed by atoms with Gasteiger partial charge in [-0.25, -0.2) is 4.98 Å². The lowest BCUT2D eigenvalue weighted by Gasteiger charge is -2.38. The Hall–Kier alpha value is -1.66. The van der Waals surface area contributed by atoms with Crippen molar-refractivity contribution in [3.63, 3.8) is 0 Å². The first-order valence-corrected chi connectivity index (χ1v) is 9.68. The van der Waals surface area contributed by atoms with Crippen molar-refractivity contribution >= 4 is 17.2 Å². The Morgan fingerprint density at radius 2 is 2.12 bits per heavy atom. The van der Waals surface area contributed by atoms with Crippen LogP contribution in [-0.2, 0) is 6.54 Å². The second-order valence-corrected chi connectivity index (χ2v) is 8.45. The number of amides is 1. The number of thiazole rings is 1. The number of carbonyl (C=O) groups is 1. The maximum absolute atomic E-state index is 13.0. The van der Waals surface area contributed by atoms with E-state index in [0.29, 0.717) is 12.6 Å². The summed E-state index contributed by atoms with van der Waals surface area (Å²) in [5, 5.41) is 3.15. The van der Waals surface area contributed by atoms with E-state index in [1.807, 2.05) is 19.1 Å². The van der Waals surface area contributed by atoms with Crippen molar-refractivity contribution in [2.75, 3.05) is 19.6 Å². The summed E-state index contributed by atoms with van der Waals surface area (Å²) in [6.07, 6.45) is 4.83. The number of aromatic nitrogens is 2. The minimum absolute atomic E-state index is 0.153. The lowest BCUT2D eigenvalue weighted by Crippen LogP contribution is -2.49. The van der Waals surface area contributed by atoms with Crippen LogP contribution in [0.3, 0.4) is 0 Å². The van der Waals surface area contributed by atoms with Crippen LogP contribution >= 0.6 is 11.3 Å². The van der Waals surface area contributed by atoms with Gasteiger partial charge in [-0.1, -0.05) is 0 Å². The minimum Gasteiger partial charge on any atom is -0.337 e. The quantitative estimate of drug-likeness (QED) is 0.857. The molecule has 2 atom stereocenters. The van der Waals surface area contributed by atoms with Gasteiger partial charge in [-0.15, -0.1) is 11.3 Å². The highest BCUT2D eigenvalue weighted by Crippen LogP contribution is 2.37. The Morgan fingerprint density at radius 3 is 2.88 bits per heavy atom. The summed E-state index contributed by atoms with van der Waals surface area (Å²) in [5.41, 5.74) is 1.85. The van der Waals surface area contributed by atoms with Crippen molar-refractivity contribution < 1.29 is 4.79 Å². The molecule has 24 heavy (non-hydrogen) atoms. The molecule has 0 spiro atoms. The van der Waals surface area contributed by atoms with E-state index in [9.17, 15) is 4.79 Å². The van der Waals surface area contributed by atoms with Gasteiger partial charge in [0.25, 0.3) is 5.91 Å². The number of likely N-dealkylation sites (tertiary alicyclic amines) is 1. The molecule has 2 aromatic rings. The lowest BCUT2D eigenvalue weighted by atomic mass is 10.1. The first-order chi connectivity index (χ1) is 11.7. The van der Waals surface area contributed by atoms with Crippen molar-refractivity contribution in [1.82, 2.24) is 19.4 Å². The standard InChI is InChI=1S/C18H22N4OS/c1-12-19-14(11-24-12)8-22-17-10-20(7-13-4-5-13)9-16(17)21-6-2-3-15(21)18(22)23/h2-3,6,11,13,16-17H,4-5,7-10H2,1H3. The van der Waals surface area contributed by atoms with Gasteiger partial charge < -0.3 is 9.47 Å². The highest BCUT2D eigenvalue weighted by atomic mass is 32.1. The summed E-state index contributed by atoms with van der Waals surface area (Å²) in [6, 6.07) is 4.61. The number of rotatable bonds is 4. The third-order valence-electron chi connectivity index (χ3n) is 5.56. The fourth-order valence-electron chi connectivity index (χ4n) is 4.25. The number of fused-ring (bicyclic) bond motifs is 3. The molecular formula is C18H22N4OS. The van der Waals surface area contributed by atoms with E-state index < -0.39 is 0 Å². The Kier molecular flexibility index (Phi) is 3.31. The Bertz CT molecular complexity index is 778. The molecule has 1 saturated heterocycles. The summed E-state index contributed by atoms with van der Waals surface area (Å²) in [4.78, 5) is 22.2. The zero-order chi connectivity index (χ0) is 16.3. The molecule has 2 aliphatic heterocycles. The molecule has 2 fully saturated rings.